The van der Waals surface area contributed by atoms with Crippen LogP contribution in [0.4, 0.5) is 4.39 Å². The van der Waals surface area contributed by atoms with Crippen molar-refractivity contribution in [2.75, 3.05) is 13.2 Å². The van der Waals surface area contributed by atoms with Crippen molar-refractivity contribution in [1.29, 1.82) is 0 Å². The van der Waals surface area contributed by atoms with E-state index < -0.39 is 22.8 Å². The lowest BCUT2D eigenvalue weighted by atomic mass is 9.60. The molecule has 2 aromatic carbocycles. The molecule has 3 fully saturated rings. The summed E-state index contributed by atoms with van der Waals surface area (Å²) in [7, 11) is 0. The highest BCUT2D eigenvalue weighted by atomic mass is 35.5. The number of carbonyl (C=O) groups is 3. The summed E-state index contributed by atoms with van der Waals surface area (Å²) in [6.45, 7) is 5.87. The van der Waals surface area contributed by atoms with Crippen molar-refractivity contribution in [3.05, 3.63) is 58.9 Å². The van der Waals surface area contributed by atoms with Gasteiger partial charge in [0.1, 0.15) is 17.3 Å². The van der Waals surface area contributed by atoms with Gasteiger partial charge in [0.05, 0.1) is 10.6 Å². The van der Waals surface area contributed by atoms with Crippen LogP contribution >= 0.6 is 11.6 Å². The van der Waals surface area contributed by atoms with Crippen LogP contribution in [0.25, 0.3) is 0 Å². The third-order valence-corrected chi connectivity index (χ3v) is 7.53. The molecular formula is C28H32ClFN2O5. The molecule has 3 aliphatic rings. The normalized spacial score (nSPS) is 22.9. The van der Waals surface area contributed by atoms with Crippen LogP contribution in [0.15, 0.2) is 42.5 Å². The smallest absolute Gasteiger partial charge is 0.258 e. The van der Waals surface area contributed by atoms with Crippen LogP contribution in [0.5, 0.6) is 11.5 Å². The van der Waals surface area contributed by atoms with E-state index in [1.807, 2.05) is 24.3 Å². The molecule has 0 aliphatic heterocycles. The Kier molecular flexibility index (Phi) is 7.51. The first-order valence-corrected chi connectivity index (χ1v) is 12.7. The standard InChI is InChI=1S/C28H32ClFN2O5/c1-26(2,3)18-4-6-19(7-5-18)36-17-25(35)32-28-12-10-27(11-13-28,15-23(28)33)31-24(34)16-37-20-8-9-21(29)22(30)14-20/h4-9,14H,10-13,15-17H2,1-3H3,(H,31,34)(H,32,35). The van der Waals surface area contributed by atoms with Crippen LogP contribution in [0.1, 0.15) is 58.4 Å². The number of amides is 2. The van der Waals surface area contributed by atoms with Crippen molar-refractivity contribution in [1.82, 2.24) is 10.6 Å². The molecule has 5 rings (SSSR count). The summed E-state index contributed by atoms with van der Waals surface area (Å²) in [6, 6.07) is 11.6. The fourth-order valence-electron chi connectivity index (χ4n) is 5.00. The van der Waals surface area contributed by atoms with Crippen LogP contribution < -0.4 is 20.1 Å². The van der Waals surface area contributed by atoms with Gasteiger partial charge in [-0.2, -0.15) is 0 Å². The Bertz CT molecular complexity index is 1180. The first kappa shape index (κ1) is 26.9. The van der Waals surface area contributed by atoms with Crippen molar-refractivity contribution in [2.24, 2.45) is 0 Å². The summed E-state index contributed by atoms with van der Waals surface area (Å²) >= 11 is 5.66. The quantitative estimate of drug-likeness (QED) is 0.524. The predicted octanol–water partition coefficient (Wildman–Crippen LogP) is 4.49. The average Bonchev–Trinajstić information content (AvgIpc) is 2.84. The Morgan fingerprint density at radius 2 is 1.49 bits per heavy atom. The van der Waals surface area contributed by atoms with Gasteiger partial charge < -0.3 is 20.1 Å². The zero-order valence-corrected chi connectivity index (χ0v) is 22.0. The lowest BCUT2D eigenvalue weighted by Gasteiger charge is -2.52. The highest BCUT2D eigenvalue weighted by Crippen LogP contribution is 2.44. The highest BCUT2D eigenvalue weighted by molar-refractivity contribution is 6.30. The maximum atomic E-state index is 13.6. The van der Waals surface area contributed by atoms with Gasteiger partial charge in [-0.1, -0.05) is 44.5 Å². The molecule has 0 spiro atoms. The lowest BCUT2D eigenvalue weighted by Crippen LogP contribution is -2.69. The molecule has 37 heavy (non-hydrogen) atoms. The van der Waals surface area contributed by atoms with Crippen molar-refractivity contribution < 1.29 is 28.2 Å². The number of rotatable bonds is 8. The molecule has 0 unspecified atom stereocenters. The summed E-state index contributed by atoms with van der Waals surface area (Å²) in [5, 5.41) is 5.81. The zero-order valence-electron chi connectivity index (χ0n) is 21.3. The molecule has 2 bridgehead atoms. The number of carbonyl (C=O) groups excluding carboxylic acids is 3. The van der Waals surface area contributed by atoms with Crippen molar-refractivity contribution in [3.63, 3.8) is 0 Å². The van der Waals surface area contributed by atoms with Gasteiger partial charge in [0, 0.05) is 18.0 Å². The van der Waals surface area contributed by atoms with Gasteiger partial charge in [-0.15, -0.1) is 0 Å². The number of hydrogen-bond donors (Lipinski definition) is 2. The largest absolute Gasteiger partial charge is 0.484 e. The van der Waals surface area contributed by atoms with Crippen molar-refractivity contribution in [2.45, 2.75) is 69.4 Å². The Labute approximate surface area is 221 Å². The fraction of sp³-hybridized carbons (Fsp3) is 0.464. The first-order valence-electron chi connectivity index (χ1n) is 12.4. The number of hydrogen-bond acceptors (Lipinski definition) is 5. The lowest BCUT2D eigenvalue weighted by molar-refractivity contribution is -0.143. The van der Waals surface area contributed by atoms with Crippen LogP contribution in [0.3, 0.4) is 0 Å². The van der Waals surface area contributed by atoms with E-state index in [4.69, 9.17) is 21.1 Å². The number of benzene rings is 2. The maximum absolute atomic E-state index is 13.6. The molecule has 0 heterocycles. The van der Waals surface area contributed by atoms with Crippen LogP contribution in [-0.2, 0) is 19.8 Å². The van der Waals surface area contributed by atoms with E-state index in [0.717, 1.165) is 6.07 Å². The van der Waals surface area contributed by atoms with Gasteiger partial charge in [-0.25, -0.2) is 4.39 Å². The van der Waals surface area contributed by atoms with E-state index in [-0.39, 0.29) is 47.5 Å². The summed E-state index contributed by atoms with van der Waals surface area (Å²) in [5.74, 6) is -0.710. The molecule has 198 valence electrons. The monoisotopic (exact) mass is 530 g/mol. The predicted molar refractivity (Wildman–Crippen MR) is 137 cm³/mol. The summed E-state index contributed by atoms with van der Waals surface area (Å²) in [4.78, 5) is 38.2. The Morgan fingerprint density at radius 1 is 0.919 bits per heavy atom. The molecule has 2 aromatic rings. The number of ether oxygens (including phenoxy) is 2. The molecule has 7 nitrogen and oxygen atoms in total. The third kappa shape index (κ3) is 6.24. The molecule has 3 saturated carbocycles. The van der Waals surface area contributed by atoms with E-state index in [1.165, 1.54) is 17.7 Å². The van der Waals surface area contributed by atoms with E-state index >= 15 is 0 Å². The molecule has 0 atom stereocenters. The van der Waals surface area contributed by atoms with E-state index in [9.17, 15) is 18.8 Å². The number of ketones is 1. The summed E-state index contributed by atoms with van der Waals surface area (Å²) < 4.78 is 24.6. The minimum absolute atomic E-state index is 0.0230. The van der Waals surface area contributed by atoms with Crippen molar-refractivity contribution >= 4 is 29.2 Å². The van der Waals surface area contributed by atoms with E-state index in [2.05, 4.69) is 31.4 Å². The molecule has 2 N–H and O–H groups in total. The SMILES string of the molecule is CC(C)(C)c1ccc(OCC(=O)NC23CCC(NC(=O)COc4ccc(Cl)c(F)c4)(CC2)CC3=O)cc1. The molecular weight excluding hydrogens is 499 g/mol. The molecule has 3 aliphatic carbocycles. The van der Waals surface area contributed by atoms with Crippen molar-refractivity contribution in [3.8, 4) is 11.5 Å². The third-order valence-electron chi connectivity index (χ3n) is 7.23. The fourth-order valence-corrected chi connectivity index (χ4v) is 5.12. The minimum Gasteiger partial charge on any atom is -0.484 e. The van der Waals surface area contributed by atoms with Gasteiger partial charge >= 0.3 is 0 Å². The second kappa shape index (κ2) is 10.3. The number of halogens is 2. The number of nitrogens with one attached hydrogen (secondary N) is 2. The maximum Gasteiger partial charge on any atom is 0.258 e. The van der Waals surface area contributed by atoms with Crippen LogP contribution in [-0.4, -0.2) is 41.9 Å². The molecule has 0 radical (unpaired) electrons. The second-order valence-corrected chi connectivity index (χ2v) is 11.4. The highest BCUT2D eigenvalue weighted by Gasteiger charge is 2.55. The Hall–Kier alpha value is -3.13. The van der Waals surface area contributed by atoms with Crippen LogP contribution in [0.2, 0.25) is 5.02 Å². The molecule has 0 saturated heterocycles. The molecule has 2 amide bonds. The number of Topliss-reactive ketones (excluding diaryl/α,β-unsaturated/α-hetero) is 1. The topological polar surface area (TPSA) is 93.7 Å². The summed E-state index contributed by atoms with van der Waals surface area (Å²) in [5.41, 5.74) is -0.407. The van der Waals surface area contributed by atoms with Gasteiger partial charge in [-0.05, 0) is 60.9 Å². The van der Waals surface area contributed by atoms with Crippen LogP contribution in [0, 0.1) is 5.82 Å². The van der Waals surface area contributed by atoms with E-state index in [1.54, 1.807) is 0 Å². The van der Waals surface area contributed by atoms with Gasteiger partial charge in [0.2, 0.25) is 0 Å². The Morgan fingerprint density at radius 3 is 2.05 bits per heavy atom. The molecule has 9 heteroatoms. The van der Waals surface area contributed by atoms with Gasteiger partial charge in [-0.3, -0.25) is 14.4 Å². The van der Waals surface area contributed by atoms with E-state index in [0.29, 0.717) is 31.4 Å². The second-order valence-electron chi connectivity index (χ2n) is 11.0. The Balaban J connectivity index is 1.26. The van der Waals surface area contributed by atoms with Gasteiger partial charge in [0.15, 0.2) is 19.0 Å². The first-order chi connectivity index (χ1) is 17.4. The summed E-state index contributed by atoms with van der Waals surface area (Å²) in [6.07, 6.45) is 2.09. The minimum atomic E-state index is -0.930. The molecule has 0 aromatic heterocycles. The van der Waals surface area contributed by atoms with Gasteiger partial charge in [0.25, 0.3) is 11.8 Å². The average molecular weight is 531 g/mol. The number of fused-ring (bicyclic) bond motifs is 3. The zero-order chi connectivity index (χ0) is 26.8.